The highest BCUT2D eigenvalue weighted by Crippen LogP contribution is 2.51. The Morgan fingerprint density at radius 2 is 2.19 bits per heavy atom. The smallest absolute Gasteiger partial charge is 0.134 e. The molecule has 2 nitrogen and oxygen atoms in total. The van der Waals surface area contributed by atoms with Gasteiger partial charge >= 0.3 is 0 Å². The summed E-state index contributed by atoms with van der Waals surface area (Å²) in [4.78, 5) is 0. The number of fused-ring (bicyclic) bond motifs is 3. The van der Waals surface area contributed by atoms with Gasteiger partial charge in [0.1, 0.15) is 17.3 Å². The standard InChI is InChI=1S/C19H24O2/c1-4-5-6-14-10-17(20)19-16-9-12(2)7-8-15(16)13(3)21-18(19)11-14/h9-11,15-16,20H,3-8H2,1-2H3/t15?,16-/m0/s1. The van der Waals surface area contributed by atoms with E-state index in [2.05, 4.69) is 32.6 Å². The van der Waals surface area contributed by atoms with Crippen LogP contribution in [0.1, 0.15) is 56.6 Å². The number of rotatable bonds is 3. The molecular weight excluding hydrogens is 260 g/mol. The Labute approximate surface area is 127 Å². The third-order valence-electron chi connectivity index (χ3n) is 4.73. The molecule has 1 N–H and O–H groups in total. The van der Waals surface area contributed by atoms with Crippen molar-refractivity contribution in [1.29, 1.82) is 0 Å². The topological polar surface area (TPSA) is 29.5 Å². The quantitative estimate of drug-likeness (QED) is 0.784. The lowest BCUT2D eigenvalue weighted by atomic mass is 9.74. The largest absolute Gasteiger partial charge is 0.507 e. The van der Waals surface area contributed by atoms with Crippen molar-refractivity contribution in [3.05, 3.63) is 47.2 Å². The van der Waals surface area contributed by atoms with Crippen LogP contribution in [0.4, 0.5) is 0 Å². The monoisotopic (exact) mass is 284 g/mol. The molecule has 1 unspecified atom stereocenters. The van der Waals surface area contributed by atoms with Gasteiger partial charge in [-0.05, 0) is 50.3 Å². The van der Waals surface area contributed by atoms with E-state index in [0.717, 1.165) is 54.7 Å². The number of benzene rings is 1. The minimum Gasteiger partial charge on any atom is -0.507 e. The van der Waals surface area contributed by atoms with Crippen molar-refractivity contribution in [1.82, 2.24) is 0 Å². The predicted octanol–water partition coefficient (Wildman–Crippen LogP) is 5.08. The third kappa shape index (κ3) is 2.59. The number of ether oxygens (including phenoxy) is 1. The van der Waals surface area contributed by atoms with Crippen LogP contribution >= 0.6 is 0 Å². The molecule has 0 saturated carbocycles. The Hall–Kier alpha value is -1.70. The van der Waals surface area contributed by atoms with Crippen LogP contribution in [0.15, 0.2) is 36.1 Å². The van der Waals surface area contributed by atoms with Gasteiger partial charge in [-0.1, -0.05) is 31.6 Å². The Bertz CT molecular complexity index is 598. The first-order valence-electron chi connectivity index (χ1n) is 8.00. The molecule has 1 heterocycles. The van der Waals surface area contributed by atoms with Crippen LogP contribution in [-0.2, 0) is 6.42 Å². The average molecular weight is 284 g/mol. The second-order valence-corrected chi connectivity index (χ2v) is 6.38. The summed E-state index contributed by atoms with van der Waals surface area (Å²) >= 11 is 0. The molecule has 2 heteroatoms. The number of hydrogen-bond donors (Lipinski definition) is 1. The summed E-state index contributed by atoms with van der Waals surface area (Å²) in [5, 5.41) is 10.5. The lowest BCUT2D eigenvalue weighted by Crippen LogP contribution is -2.25. The van der Waals surface area contributed by atoms with Gasteiger partial charge in [0.25, 0.3) is 0 Å². The van der Waals surface area contributed by atoms with Crippen LogP contribution in [0.3, 0.4) is 0 Å². The van der Waals surface area contributed by atoms with Crippen molar-refractivity contribution in [2.45, 2.75) is 51.9 Å². The van der Waals surface area contributed by atoms with Crippen molar-refractivity contribution in [3.8, 4) is 11.5 Å². The first-order valence-corrected chi connectivity index (χ1v) is 8.00. The van der Waals surface area contributed by atoms with Crippen LogP contribution < -0.4 is 4.74 Å². The molecule has 0 spiro atoms. The average Bonchev–Trinajstić information content (AvgIpc) is 2.44. The van der Waals surface area contributed by atoms with Crippen LogP contribution in [0, 0.1) is 5.92 Å². The van der Waals surface area contributed by atoms with Gasteiger partial charge in [-0.2, -0.15) is 0 Å². The van der Waals surface area contributed by atoms with E-state index in [1.807, 2.05) is 6.07 Å². The number of phenolic OH excluding ortho intramolecular Hbond substituents is 1. The number of hydrogen-bond acceptors (Lipinski definition) is 2. The number of aryl methyl sites for hydroxylation is 1. The zero-order valence-electron chi connectivity index (χ0n) is 13.0. The second-order valence-electron chi connectivity index (χ2n) is 6.38. The third-order valence-corrected chi connectivity index (χ3v) is 4.73. The molecule has 3 rings (SSSR count). The summed E-state index contributed by atoms with van der Waals surface area (Å²) in [6.45, 7) is 8.46. The minimum absolute atomic E-state index is 0.218. The van der Waals surface area contributed by atoms with E-state index in [9.17, 15) is 5.11 Å². The van der Waals surface area contributed by atoms with Crippen molar-refractivity contribution in [2.75, 3.05) is 0 Å². The number of unbranched alkanes of at least 4 members (excludes halogenated alkanes) is 1. The van der Waals surface area contributed by atoms with E-state index in [4.69, 9.17) is 4.74 Å². The normalized spacial score (nSPS) is 23.9. The van der Waals surface area contributed by atoms with Crippen molar-refractivity contribution < 1.29 is 9.84 Å². The zero-order valence-corrected chi connectivity index (χ0v) is 13.0. The van der Waals surface area contributed by atoms with E-state index in [-0.39, 0.29) is 5.92 Å². The molecule has 0 bridgehead atoms. The molecule has 0 fully saturated rings. The molecule has 2 aliphatic rings. The molecule has 0 radical (unpaired) electrons. The molecule has 21 heavy (non-hydrogen) atoms. The van der Waals surface area contributed by atoms with Gasteiger partial charge < -0.3 is 9.84 Å². The van der Waals surface area contributed by atoms with Crippen LogP contribution in [0.5, 0.6) is 11.5 Å². The minimum atomic E-state index is 0.218. The molecule has 112 valence electrons. The zero-order chi connectivity index (χ0) is 15.0. The Balaban J connectivity index is 2.03. The Morgan fingerprint density at radius 3 is 2.95 bits per heavy atom. The molecule has 1 aliphatic carbocycles. The number of allylic oxidation sites excluding steroid dienone is 3. The van der Waals surface area contributed by atoms with Crippen molar-refractivity contribution >= 4 is 0 Å². The Morgan fingerprint density at radius 1 is 1.38 bits per heavy atom. The second kappa shape index (κ2) is 5.59. The van der Waals surface area contributed by atoms with Gasteiger partial charge in [0.05, 0.1) is 0 Å². The van der Waals surface area contributed by atoms with Crippen LogP contribution in [0.25, 0.3) is 0 Å². The summed E-state index contributed by atoms with van der Waals surface area (Å²) in [6.07, 6.45) is 7.70. The van der Waals surface area contributed by atoms with E-state index in [0.29, 0.717) is 11.7 Å². The van der Waals surface area contributed by atoms with Gasteiger partial charge in [0.2, 0.25) is 0 Å². The molecule has 0 aromatic heterocycles. The summed E-state index contributed by atoms with van der Waals surface area (Å²) in [5.74, 6) is 2.55. The van der Waals surface area contributed by atoms with Gasteiger partial charge in [-0.25, -0.2) is 0 Å². The molecular formula is C19H24O2. The highest BCUT2D eigenvalue weighted by molar-refractivity contribution is 5.54. The van der Waals surface area contributed by atoms with Gasteiger partial charge in [-0.3, -0.25) is 0 Å². The lowest BCUT2D eigenvalue weighted by molar-refractivity contribution is 0.275. The van der Waals surface area contributed by atoms with E-state index >= 15 is 0 Å². The Kier molecular flexibility index (Phi) is 3.79. The van der Waals surface area contributed by atoms with Crippen LogP contribution in [-0.4, -0.2) is 5.11 Å². The summed E-state index contributed by atoms with van der Waals surface area (Å²) in [7, 11) is 0. The molecule has 1 aliphatic heterocycles. The SMILES string of the molecule is C=C1Oc2cc(CCCC)cc(O)c2[C@H]2C=C(C)CCC12. The van der Waals surface area contributed by atoms with Gasteiger partial charge in [0, 0.05) is 17.4 Å². The number of aromatic hydroxyl groups is 1. The predicted molar refractivity (Wildman–Crippen MR) is 85.7 cm³/mol. The van der Waals surface area contributed by atoms with E-state index < -0.39 is 0 Å². The van der Waals surface area contributed by atoms with E-state index in [1.54, 1.807) is 0 Å². The molecule has 1 aromatic rings. The first-order chi connectivity index (χ1) is 10.1. The molecule has 0 saturated heterocycles. The maximum Gasteiger partial charge on any atom is 0.134 e. The first kappa shape index (κ1) is 14.2. The summed E-state index contributed by atoms with van der Waals surface area (Å²) in [6, 6.07) is 4.00. The fourth-order valence-corrected chi connectivity index (χ4v) is 3.54. The van der Waals surface area contributed by atoms with Crippen molar-refractivity contribution in [3.63, 3.8) is 0 Å². The van der Waals surface area contributed by atoms with Gasteiger partial charge in [0.15, 0.2) is 0 Å². The number of phenols is 1. The maximum absolute atomic E-state index is 10.5. The van der Waals surface area contributed by atoms with E-state index in [1.165, 1.54) is 5.57 Å². The highest BCUT2D eigenvalue weighted by Gasteiger charge is 2.36. The molecule has 0 amide bonds. The van der Waals surface area contributed by atoms with Crippen LogP contribution in [0.2, 0.25) is 0 Å². The summed E-state index contributed by atoms with van der Waals surface area (Å²) < 4.78 is 5.95. The highest BCUT2D eigenvalue weighted by atomic mass is 16.5. The molecule has 2 atom stereocenters. The molecule has 1 aromatic carbocycles. The summed E-state index contributed by atoms with van der Waals surface area (Å²) in [5.41, 5.74) is 3.49. The fraction of sp³-hybridized carbons (Fsp3) is 0.474. The van der Waals surface area contributed by atoms with Crippen molar-refractivity contribution in [2.24, 2.45) is 5.92 Å². The lowest BCUT2D eigenvalue weighted by Gasteiger charge is -2.37. The maximum atomic E-state index is 10.5. The van der Waals surface area contributed by atoms with Gasteiger partial charge in [-0.15, -0.1) is 0 Å². The fourth-order valence-electron chi connectivity index (χ4n) is 3.54.